The van der Waals surface area contributed by atoms with Crippen molar-refractivity contribution in [1.82, 2.24) is 0 Å². The van der Waals surface area contributed by atoms with Crippen molar-refractivity contribution >= 4 is 11.6 Å². The van der Waals surface area contributed by atoms with Gasteiger partial charge in [-0.1, -0.05) is 24.3 Å². The molecule has 0 bridgehead atoms. The first-order chi connectivity index (χ1) is 12.2. The number of ether oxygens (including phenoxy) is 2. The van der Waals surface area contributed by atoms with Crippen LogP contribution in [0.3, 0.4) is 0 Å². The van der Waals surface area contributed by atoms with Gasteiger partial charge in [-0.05, 0) is 61.0 Å². The molecule has 1 amide bonds. The number of amides is 1. The van der Waals surface area contributed by atoms with E-state index in [9.17, 15) is 4.79 Å². The normalized spacial score (nSPS) is 10.2. The first-order valence-corrected chi connectivity index (χ1v) is 7.94. The van der Waals surface area contributed by atoms with E-state index in [4.69, 9.17) is 9.47 Å². The lowest BCUT2D eigenvalue weighted by Crippen LogP contribution is -2.12. The number of hydrogen-bond acceptors (Lipinski definition) is 3. The maximum Gasteiger partial charge on any atom is 0.255 e. The second-order valence-corrected chi connectivity index (χ2v) is 5.60. The molecule has 4 nitrogen and oxygen atoms in total. The fourth-order valence-corrected chi connectivity index (χ4v) is 2.43. The number of para-hydroxylation sites is 2. The Bertz CT molecular complexity index is 872. The molecule has 0 heterocycles. The average Bonchev–Trinajstić information content (AvgIpc) is 2.63. The summed E-state index contributed by atoms with van der Waals surface area (Å²) in [6.45, 7) is 2.01. The maximum absolute atomic E-state index is 12.4. The Morgan fingerprint density at radius 1 is 0.880 bits per heavy atom. The van der Waals surface area contributed by atoms with Crippen LogP contribution in [0.15, 0.2) is 72.8 Å². The molecular weight excluding hydrogens is 314 g/mol. The van der Waals surface area contributed by atoms with E-state index < -0.39 is 0 Å². The quantitative estimate of drug-likeness (QED) is 0.711. The lowest BCUT2D eigenvalue weighted by Gasteiger charge is -2.10. The summed E-state index contributed by atoms with van der Waals surface area (Å²) in [5, 5.41) is 2.85. The van der Waals surface area contributed by atoms with Crippen molar-refractivity contribution in [1.29, 1.82) is 0 Å². The van der Waals surface area contributed by atoms with Gasteiger partial charge >= 0.3 is 0 Å². The largest absolute Gasteiger partial charge is 0.495 e. The highest BCUT2D eigenvalue weighted by atomic mass is 16.5. The molecule has 0 aromatic heterocycles. The van der Waals surface area contributed by atoms with E-state index in [1.54, 1.807) is 43.5 Å². The third-order valence-corrected chi connectivity index (χ3v) is 3.70. The van der Waals surface area contributed by atoms with E-state index >= 15 is 0 Å². The standard InChI is InChI=1S/C21H19NO3/c1-15-6-5-7-18(14-15)25-17-12-10-16(11-13-17)21(23)22-19-8-3-4-9-20(19)24-2/h3-14H,1-2H3,(H,22,23). The molecule has 0 saturated carbocycles. The molecule has 0 atom stereocenters. The van der Waals surface area contributed by atoms with Gasteiger partial charge in [-0.3, -0.25) is 4.79 Å². The molecule has 0 spiro atoms. The van der Waals surface area contributed by atoms with Gasteiger partial charge in [-0.15, -0.1) is 0 Å². The van der Waals surface area contributed by atoms with Crippen LogP contribution in [0.4, 0.5) is 5.69 Å². The number of nitrogens with one attached hydrogen (secondary N) is 1. The number of carbonyl (C=O) groups excluding carboxylic acids is 1. The minimum Gasteiger partial charge on any atom is -0.495 e. The number of aryl methyl sites for hydroxylation is 1. The van der Waals surface area contributed by atoms with Crippen LogP contribution in [0.25, 0.3) is 0 Å². The number of benzene rings is 3. The highest BCUT2D eigenvalue weighted by Crippen LogP contribution is 2.25. The molecule has 1 N–H and O–H groups in total. The van der Waals surface area contributed by atoms with Crippen LogP contribution in [0.2, 0.25) is 0 Å². The van der Waals surface area contributed by atoms with Gasteiger partial charge in [0.1, 0.15) is 17.2 Å². The number of anilines is 1. The SMILES string of the molecule is COc1ccccc1NC(=O)c1ccc(Oc2cccc(C)c2)cc1. The molecule has 0 unspecified atom stereocenters. The number of hydrogen-bond donors (Lipinski definition) is 1. The Labute approximate surface area is 147 Å². The zero-order valence-corrected chi connectivity index (χ0v) is 14.2. The van der Waals surface area contributed by atoms with Gasteiger partial charge in [0, 0.05) is 5.56 Å². The number of methoxy groups -OCH3 is 1. The Hall–Kier alpha value is -3.27. The van der Waals surface area contributed by atoms with E-state index in [-0.39, 0.29) is 5.91 Å². The van der Waals surface area contributed by atoms with Gasteiger partial charge in [0.05, 0.1) is 12.8 Å². The molecular formula is C21H19NO3. The molecule has 3 aromatic rings. The Morgan fingerprint density at radius 3 is 2.36 bits per heavy atom. The summed E-state index contributed by atoms with van der Waals surface area (Å²) >= 11 is 0. The molecule has 25 heavy (non-hydrogen) atoms. The molecule has 0 radical (unpaired) electrons. The van der Waals surface area contributed by atoms with Crippen LogP contribution in [0, 0.1) is 6.92 Å². The van der Waals surface area contributed by atoms with E-state index in [1.165, 1.54) is 0 Å². The minimum atomic E-state index is -0.202. The van der Waals surface area contributed by atoms with Crippen molar-refractivity contribution in [3.63, 3.8) is 0 Å². The summed E-state index contributed by atoms with van der Waals surface area (Å²) in [5.74, 6) is 1.87. The molecule has 3 aromatic carbocycles. The van der Waals surface area contributed by atoms with Gasteiger partial charge < -0.3 is 14.8 Å². The van der Waals surface area contributed by atoms with Gasteiger partial charge in [0.25, 0.3) is 5.91 Å². The van der Waals surface area contributed by atoms with Gasteiger partial charge in [0.15, 0.2) is 0 Å². The summed E-state index contributed by atoms with van der Waals surface area (Å²) in [7, 11) is 1.57. The van der Waals surface area contributed by atoms with Gasteiger partial charge in [-0.25, -0.2) is 0 Å². The van der Waals surface area contributed by atoms with Crippen LogP contribution in [-0.2, 0) is 0 Å². The second-order valence-electron chi connectivity index (χ2n) is 5.60. The molecule has 0 aliphatic carbocycles. The molecule has 0 aliphatic heterocycles. The Kier molecular flexibility index (Phi) is 5.00. The molecule has 0 saturated heterocycles. The third-order valence-electron chi connectivity index (χ3n) is 3.70. The molecule has 0 fully saturated rings. The van der Waals surface area contributed by atoms with Crippen LogP contribution in [0.5, 0.6) is 17.2 Å². The molecule has 126 valence electrons. The summed E-state index contributed by atoms with van der Waals surface area (Å²) < 4.78 is 11.0. The average molecular weight is 333 g/mol. The number of rotatable bonds is 5. The van der Waals surface area contributed by atoms with Crippen molar-refractivity contribution in [2.24, 2.45) is 0 Å². The molecule has 3 rings (SSSR count). The summed E-state index contributed by atoms with van der Waals surface area (Å²) in [5.41, 5.74) is 2.31. The summed E-state index contributed by atoms with van der Waals surface area (Å²) in [4.78, 5) is 12.4. The van der Waals surface area contributed by atoms with E-state index in [2.05, 4.69) is 5.32 Å². The predicted molar refractivity (Wildman–Crippen MR) is 98.6 cm³/mol. The smallest absolute Gasteiger partial charge is 0.255 e. The first kappa shape index (κ1) is 16.6. The summed E-state index contributed by atoms with van der Waals surface area (Å²) in [6.07, 6.45) is 0. The van der Waals surface area contributed by atoms with E-state index in [0.717, 1.165) is 11.3 Å². The predicted octanol–water partition coefficient (Wildman–Crippen LogP) is 5.05. The fourth-order valence-electron chi connectivity index (χ4n) is 2.43. The molecule has 0 aliphatic rings. The lowest BCUT2D eigenvalue weighted by molar-refractivity contribution is 0.102. The van der Waals surface area contributed by atoms with Crippen LogP contribution < -0.4 is 14.8 Å². The van der Waals surface area contributed by atoms with Gasteiger partial charge in [0.2, 0.25) is 0 Å². The van der Waals surface area contributed by atoms with Crippen molar-refractivity contribution < 1.29 is 14.3 Å². The van der Waals surface area contributed by atoms with Crippen molar-refractivity contribution in [3.8, 4) is 17.2 Å². The number of carbonyl (C=O) groups is 1. The van der Waals surface area contributed by atoms with E-state index in [1.807, 2.05) is 43.3 Å². The highest BCUT2D eigenvalue weighted by Gasteiger charge is 2.09. The van der Waals surface area contributed by atoms with E-state index in [0.29, 0.717) is 22.7 Å². The topological polar surface area (TPSA) is 47.6 Å². The summed E-state index contributed by atoms with van der Waals surface area (Å²) in [6, 6.07) is 22.1. The van der Waals surface area contributed by atoms with Crippen molar-refractivity contribution in [2.45, 2.75) is 6.92 Å². The van der Waals surface area contributed by atoms with Crippen molar-refractivity contribution in [2.75, 3.05) is 12.4 Å². The second kappa shape index (κ2) is 7.53. The minimum absolute atomic E-state index is 0.202. The van der Waals surface area contributed by atoms with Crippen LogP contribution in [0.1, 0.15) is 15.9 Å². The monoisotopic (exact) mass is 333 g/mol. The molecule has 4 heteroatoms. The Balaban J connectivity index is 1.70. The maximum atomic E-state index is 12.4. The van der Waals surface area contributed by atoms with Crippen LogP contribution in [-0.4, -0.2) is 13.0 Å². The first-order valence-electron chi connectivity index (χ1n) is 7.94. The fraction of sp³-hybridized carbons (Fsp3) is 0.0952. The van der Waals surface area contributed by atoms with Gasteiger partial charge in [-0.2, -0.15) is 0 Å². The van der Waals surface area contributed by atoms with Crippen molar-refractivity contribution in [3.05, 3.63) is 83.9 Å². The zero-order chi connectivity index (χ0) is 17.6. The Morgan fingerprint density at radius 2 is 1.64 bits per heavy atom. The zero-order valence-electron chi connectivity index (χ0n) is 14.2. The lowest BCUT2D eigenvalue weighted by atomic mass is 10.2. The third kappa shape index (κ3) is 4.18. The highest BCUT2D eigenvalue weighted by molar-refractivity contribution is 6.05. The van der Waals surface area contributed by atoms with Crippen LogP contribution >= 0.6 is 0 Å².